The molecule has 0 bridgehead atoms. The van der Waals surface area contributed by atoms with E-state index < -0.39 is 0 Å². The van der Waals surface area contributed by atoms with Crippen molar-refractivity contribution in [3.05, 3.63) is 36.4 Å². The Bertz CT molecular complexity index is 853. The molecular formula is C17H22N6O. The van der Waals surface area contributed by atoms with Gasteiger partial charge in [-0.15, -0.1) is 0 Å². The van der Waals surface area contributed by atoms with Crippen LogP contribution in [0.1, 0.15) is 45.4 Å². The lowest BCUT2D eigenvalue weighted by Gasteiger charge is -2.22. The van der Waals surface area contributed by atoms with Gasteiger partial charge in [-0.3, -0.25) is 4.40 Å². The molecule has 0 aromatic carbocycles. The lowest BCUT2D eigenvalue weighted by molar-refractivity contribution is 0.107. The fraction of sp³-hybridized carbons (Fsp3) is 0.471. The second-order valence-electron chi connectivity index (χ2n) is 7.09. The minimum atomic E-state index is -0.151. The highest BCUT2D eigenvalue weighted by atomic mass is 16.5. The molecule has 4 heterocycles. The quantitative estimate of drug-likeness (QED) is 0.800. The van der Waals surface area contributed by atoms with Crippen LogP contribution in [0.4, 0.5) is 11.8 Å². The molecule has 1 saturated heterocycles. The maximum Gasteiger partial charge on any atom is 0.214 e. The van der Waals surface area contributed by atoms with Crippen molar-refractivity contribution in [3.8, 4) is 0 Å². The summed E-state index contributed by atoms with van der Waals surface area (Å²) < 4.78 is 9.72. The van der Waals surface area contributed by atoms with Gasteiger partial charge in [-0.1, -0.05) is 0 Å². The Balaban J connectivity index is 1.74. The van der Waals surface area contributed by atoms with E-state index in [9.17, 15) is 0 Å². The summed E-state index contributed by atoms with van der Waals surface area (Å²) in [7, 11) is 0. The largest absolute Gasteiger partial charge is 0.372 e. The topological polar surface area (TPSA) is 69.3 Å². The van der Waals surface area contributed by atoms with Gasteiger partial charge in [-0.25, -0.2) is 14.6 Å². The second-order valence-corrected chi connectivity index (χ2v) is 7.09. The molecule has 0 radical (unpaired) electrons. The standard InChI is InChI=1S/C17H22N6O/c1-17(2,3)23-15(11-12(21-23)13-5-4-10-24-13)20-16-19-7-6-14-18-8-9-22(14)16/h6-9,11,13H,4-5,10H2,1-3H3,(H,19,20)/t13-/m1/s1. The zero-order valence-corrected chi connectivity index (χ0v) is 14.2. The first-order valence-electron chi connectivity index (χ1n) is 8.29. The van der Waals surface area contributed by atoms with Gasteiger partial charge in [0.15, 0.2) is 0 Å². The average molecular weight is 326 g/mol. The number of nitrogens with one attached hydrogen (secondary N) is 1. The first kappa shape index (κ1) is 15.1. The van der Waals surface area contributed by atoms with E-state index in [1.165, 1.54) is 0 Å². The number of aromatic nitrogens is 5. The number of anilines is 2. The van der Waals surface area contributed by atoms with Crippen molar-refractivity contribution < 1.29 is 4.74 Å². The Labute approximate surface area is 140 Å². The van der Waals surface area contributed by atoms with Crippen LogP contribution >= 0.6 is 0 Å². The fourth-order valence-electron chi connectivity index (χ4n) is 3.03. The predicted octanol–water partition coefficient (Wildman–Crippen LogP) is 3.28. The molecule has 4 rings (SSSR count). The van der Waals surface area contributed by atoms with Crippen molar-refractivity contribution in [2.75, 3.05) is 11.9 Å². The Hall–Kier alpha value is -2.41. The highest BCUT2D eigenvalue weighted by molar-refractivity contribution is 5.54. The minimum Gasteiger partial charge on any atom is -0.372 e. The van der Waals surface area contributed by atoms with Crippen LogP contribution in [0.15, 0.2) is 30.7 Å². The van der Waals surface area contributed by atoms with E-state index in [1.54, 1.807) is 12.4 Å². The van der Waals surface area contributed by atoms with Gasteiger partial charge in [-0.05, 0) is 39.7 Å². The van der Waals surface area contributed by atoms with Gasteiger partial charge >= 0.3 is 0 Å². The number of hydrogen-bond acceptors (Lipinski definition) is 5. The molecule has 0 amide bonds. The maximum absolute atomic E-state index is 5.79. The molecule has 1 atom stereocenters. The van der Waals surface area contributed by atoms with Crippen LogP contribution in [-0.2, 0) is 10.3 Å². The van der Waals surface area contributed by atoms with E-state index >= 15 is 0 Å². The van der Waals surface area contributed by atoms with Gasteiger partial charge in [-0.2, -0.15) is 5.10 Å². The summed E-state index contributed by atoms with van der Waals surface area (Å²) in [5.74, 6) is 1.62. The van der Waals surface area contributed by atoms with E-state index in [2.05, 4.69) is 42.1 Å². The Kier molecular flexibility index (Phi) is 3.53. The van der Waals surface area contributed by atoms with Crippen LogP contribution < -0.4 is 5.32 Å². The van der Waals surface area contributed by atoms with Gasteiger partial charge in [0.05, 0.1) is 11.2 Å². The zero-order valence-electron chi connectivity index (χ0n) is 14.2. The van der Waals surface area contributed by atoms with E-state index in [0.29, 0.717) is 5.95 Å². The third-order valence-electron chi connectivity index (χ3n) is 4.18. The van der Waals surface area contributed by atoms with E-state index in [4.69, 9.17) is 9.84 Å². The summed E-state index contributed by atoms with van der Waals surface area (Å²) in [6, 6.07) is 3.95. The zero-order chi connectivity index (χ0) is 16.7. The SMILES string of the molecule is CC(C)(C)n1nc([C@H]2CCCO2)cc1Nc1nccc2nccn12. The molecule has 7 heteroatoms. The summed E-state index contributed by atoms with van der Waals surface area (Å²) in [4.78, 5) is 8.74. The third-order valence-corrected chi connectivity index (χ3v) is 4.18. The molecule has 3 aromatic rings. The number of hydrogen-bond donors (Lipinski definition) is 1. The van der Waals surface area contributed by atoms with E-state index in [0.717, 1.165) is 36.6 Å². The van der Waals surface area contributed by atoms with Crippen LogP contribution in [0.2, 0.25) is 0 Å². The molecule has 126 valence electrons. The molecule has 1 fully saturated rings. The minimum absolute atomic E-state index is 0.0890. The first-order valence-corrected chi connectivity index (χ1v) is 8.29. The van der Waals surface area contributed by atoms with Crippen LogP contribution in [0.25, 0.3) is 5.65 Å². The summed E-state index contributed by atoms with van der Waals surface area (Å²) in [6.45, 7) is 7.22. The van der Waals surface area contributed by atoms with Crippen molar-refractivity contribution in [3.63, 3.8) is 0 Å². The summed E-state index contributed by atoms with van der Waals surface area (Å²) in [5.41, 5.74) is 1.68. The van der Waals surface area contributed by atoms with Crippen LogP contribution in [0.5, 0.6) is 0 Å². The Morgan fingerprint density at radius 1 is 1.25 bits per heavy atom. The molecule has 1 aliphatic rings. The van der Waals surface area contributed by atoms with Crippen molar-refractivity contribution in [1.82, 2.24) is 24.1 Å². The van der Waals surface area contributed by atoms with Crippen LogP contribution in [0.3, 0.4) is 0 Å². The number of imidazole rings is 1. The van der Waals surface area contributed by atoms with Crippen LogP contribution in [0, 0.1) is 0 Å². The molecule has 3 aromatic heterocycles. The molecule has 1 N–H and O–H groups in total. The molecule has 1 aliphatic heterocycles. The number of nitrogens with zero attached hydrogens (tertiary/aromatic N) is 5. The molecule has 7 nitrogen and oxygen atoms in total. The highest BCUT2D eigenvalue weighted by Crippen LogP contribution is 2.32. The van der Waals surface area contributed by atoms with Crippen LogP contribution in [-0.4, -0.2) is 30.8 Å². The van der Waals surface area contributed by atoms with Gasteiger partial charge < -0.3 is 10.1 Å². The molecule has 0 aliphatic carbocycles. The van der Waals surface area contributed by atoms with Gasteiger partial charge in [0, 0.05) is 31.3 Å². The van der Waals surface area contributed by atoms with Gasteiger partial charge in [0.2, 0.25) is 5.95 Å². The normalized spacial score (nSPS) is 18.4. The lowest BCUT2D eigenvalue weighted by Crippen LogP contribution is -2.25. The molecule has 0 unspecified atom stereocenters. The first-order chi connectivity index (χ1) is 11.5. The van der Waals surface area contributed by atoms with Crippen molar-refractivity contribution in [2.45, 2.75) is 45.3 Å². The molecular weight excluding hydrogens is 304 g/mol. The third kappa shape index (κ3) is 2.65. The Morgan fingerprint density at radius 2 is 2.12 bits per heavy atom. The van der Waals surface area contributed by atoms with Crippen molar-refractivity contribution >= 4 is 17.4 Å². The number of ether oxygens (including phenoxy) is 1. The highest BCUT2D eigenvalue weighted by Gasteiger charge is 2.26. The maximum atomic E-state index is 5.79. The molecule has 0 saturated carbocycles. The number of rotatable bonds is 3. The van der Waals surface area contributed by atoms with Gasteiger partial charge in [0.1, 0.15) is 17.6 Å². The summed E-state index contributed by atoms with van der Waals surface area (Å²) in [5, 5.41) is 8.21. The lowest BCUT2D eigenvalue weighted by atomic mass is 10.1. The van der Waals surface area contributed by atoms with Crippen molar-refractivity contribution in [1.29, 1.82) is 0 Å². The number of fused-ring (bicyclic) bond motifs is 1. The predicted molar refractivity (Wildman–Crippen MR) is 91.4 cm³/mol. The fourth-order valence-corrected chi connectivity index (χ4v) is 3.03. The summed E-state index contributed by atoms with van der Waals surface area (Å²) >= 11 is 0. The summed E-state index contributed by atoms with van der Waals surface area (Å²) in [6.07, 6.45) is 7.61. The van der Waals surface area contributed by atoms with E-state index in [-0.39, 0.29) is 11.6 Å². The van der Waals surface area contributed by atoms with E-state index in [1.807, 2.05) is 21.3 Å². The smallest absolute Gasteiger partial charge is 0.214 e. The molecule has 24 heavy (non-hydrogen) atoms. The van der Waals surface area contributed by atoms with Crippen molar-refractivity contribution in [2.24, 2.45) is 0 Å². The monoisotopic (exact) mass is 326 g/mol. The Morgan fingerprint density at radius 3 is 2.88 bits per heavy atom. The second kappa shape index (κ2) is 5.59. The van der Waals surface area contributed by atoms with Gasteiger partial charge in [0.25, 0.3) is 0 Å². The average Bonchev–Trinajstić information content (AvgIpc) is 3.27. The molecule has 0 spiro atoms.